The first kappa shape index (κ1) is 19.6. The predicted octanol–water partition coefficient (Wildman–Crippen LogP) is 1.57. The quantitative estimate of drug-likeness (QED) is 0.586. The minimum Gasteiger partial charge on any atom is -0.348 e. The summed E-state index contributed by atoms with van der Waals surface area (Å²) in [6, 6.07) is 23.6. The van der Waals surface area contributed by atoms with Gasteiger partial charge in [-0.05, 0) is 22.9 Å². The smallest absolute Gasteiger partial charge is 0.251 e. The highest BCUT2D eigenvalue weighted by Gasteiger charge is 2.18. The van der Waals surface area contributed by atoms with E-state index >= 15 is 0 Å². The maximum absolute atomic E-state index is 12.4. The van der Waals surface area contributed by atoms with Crippen molar-refractivity contribution >= 4 is 22.6 Å². The maximum atomic E-state index is 12.4. The highest BCUT2D eigenvalue weighted by atomic mass is 16.2. The van der Waals surface area contributed by atoms with Gasteiger partial charge in [0.05, 0.1) is 27.2 Å². The Hall–Kier alpha value is -3.18. The van der Waals surface area contributed by atoms with Gasteiger partial charge in [0, 0.05) is 11.1 Å². The van der Waals surface area contributed by atoms with Gasteiger partial charge in [-0.1, -0.05) is 60.7 Å². The monoisotopic (exact) mass is 376 g/mol. The van der Waals surface area contributed by atoms with Crippen LogP contribution in [-0.4, -0.2) is 39.0 Å². The average molecular weight is 376 g/mol. The summed E-state index contributed by atoms with van der Waals surface area (Å²) in [5, 5.41) is 7.70. The van der Waals surface area contributed by atoms with Crippen molar-refractivity contribution in [2.75, 3.05) is 27.2 Å². The number of benzene rings is 3. The van der Waals surface area contributed by atoms with Crippen LogP contribution in [-0.2, 0) is 4.79 Å². The number of amides is 2. The lowest BCUT2D eigenvalue weighted by molar-refractivity contribution is -0.890. The van der Waals surface area contributed by atoms with E-state index in [2.05, 4.69) is 36.9 Å². The van der Waals surface area contributed by atoms with Crippen molar-refractivity contribution in [2.24, 2.45) is 0 Å². The summed E-state index contributed by atoms with van der Waals surface area (Å²) in [6.07, 6.45) is 0. The number of carbonyl (C=O) groups excluding carboxylic acids is 2. The normalized spacial score (nSPS) is 12.0. The van der Waals surface area contributed by atoms with E-state index in [9.17, 15) is 9.59 Å². The van der Waals surface area contributed by atoms with E-state index in [1.165, 1.54) is 10.5 Å². The molecule has 0 aliphatic rings. The SMILES string of the molecule is C[NH+](C)[C@@H](CNC(=O)CNC(=O)c1ccc2ccccc2c1)c1ccccc1. The third kappa shape index (κ3) is 4.96. The molecule has 5 heteroatoms. The van der Waals surface area contributed by atoms with Crippen LogP contribution in [0.1, 0.15) is 22.0 Å². The second kappa shape index (κ2) is 9.15. The first-order valence-corrected chi connectivity index (χ1v) is 9.43. The maximum Gasteiger partial charge on any atom is 0.251 e. The Morgan fingerprint density at radius 3 is 2.25 bits per heavy atom. The van der Waals surface area contributed by atoms with Crippen LogP contribution in [0.3, 0.4) is 0 Å². The van der Waals surface area contributed by atoms with Gasteiger partial charge in [-0.2, -0.15) is 0 Å². The highest BCUT2D eigenvalue weighted by Crippen LogP contribution is 2.15. The summed E-state index contributed by atoms with van der Waals surface area (Å²) in [7, 11) is 4.12. The summed E-state index contributed by atoms with van der Waals surface area (Å²) in [5.74, 6) is -0.449. The van der Waals surface area contributed by atoms with E-state index in [1.807, 2.05) is 54.6 Å². The van der Waals surface area contributed by atoms with E-state index in [0.29, 0.717) is 12.1 Å². The second-order valence-corrected chi connectivity index (χ2v) is 7.09. The first-order valence-electron chi connectivity index (χ1n) is 9.43. The molecule has 0 aromatic heterocycles. The number of rotatable bonds is 7. The van der Waals surface area contributed by atoms with Crippen LogP contribution < -0.4 is 15.5 Å². The molecule has 0 saturated carbocycles. The van der Waals surface area contributed by atoms with Gasteiger partial charge in [-0.15, -0.1) is 0 Å². The second-order valence-electron chi connectivity index (χ2n) is 7.09. The van der Waals surface area contributed by atoms with E-state index in [4.69, 9.17) is 0 Å². The molecule has 144 valence electrons. The number of fused-ring (bicyclic) bond motifs is 1. The molecular weight excluding hydrogens is 350 g/mol. The average Bonchev–Trinajstić information content (AvgIpc) is 2.72. The topological polar surface area (TPSA) is 62.6 Å². The van der Waals surface area contributed by atoms with Crippen LogP contribution in [0.15, 0.2) is 72.8 Å². The molecule has 0 radical (unpaired) electrons. The van der Waals surface area contributed by atoms with Crippen molar-refractivity contribution < 1.29 is 14.5 Å². The van der Waals surface area contributed by atoms with Gasteiger partial charge < -0.3 is 15.5 Å². The van der Waals surface area contributed by atoms with Gasteiger partial charge in [0.25, 0.3) is 5.91 Å². The van der Waals surface area contributed by atoms with Crippen molar-refractivity contribution in [1.29, 1.82) is 0 Å². The van der Waals surface area contributed by atoms with E-state index in [-0.39, 0.29) is 24.4 Å². The Kier molecular flexibility index (Phi) is 6.40. The van der Waals surface area contributed by atoms with Crippen LogP contribution in [0.2, 0.25) is 0 Å². The fraction of sp³-hybridized carbons (Fsp3) is 0.217. The molecule has 0 spiro atoms. The molecule has 0 saturated heterocycles. The molecule has 1 atom stereocenters. The van der Waals surface area contributed by atoms with Gasteiger partial charge in [-0.25, -0.2) is 0 Å². The largest absolute Gasteiger partial charge is 0.348 e. The summed E-state index contributed by atoms with van der Waals surface area (Å²) in [4.78, 5) is 25.8. The number of hydrogen-bond donors (Lipinski definition) is 3. The summed E-state index contributed by atoms with van der Waals surface area (Å²) >= 11 is 0. The summed E-state index contributed by atoms with van der Waals surface area (Å²) in [6.45, 7) is 0.465. The summed E-state index contributed by atoms with van der Waals surface area (Å²) in [5.41, 5.74) is 1.72. The van der Waals surface area contributed by atoms with Crippen LogP contribution in [0, 0.1) is 0 Å². The van der Waals surface area contributed by atoms with Crippen molar-refractivity contribution in [2.45, 2.75) is 6.04 Å². The zero-order valence-corrected chi connectivity index (χ0v) is 16.2. The summed E-state index contributed by atoms with van der Waals surface area (Å²) < 4.78 is 0. The molecular formula is C23H26N3O2+. The third-order valence-electron chi connectivity index (χ3n) is 4.82. The Morgan fingerprint density at radius 2 is 1.54 bits per heavy atom. The number of likely N-dealkylation sites (N-methyl/N-ethyl adjacent to an activating group) is 1. The zero-order chi connectivity index (χ0) is 19.9. The van der Waals surface area contributed by atoms with E-state index in [1.54, 1.807) is 6.07 Å². The van der Waals surface area contributed by atoms with Crippen molar-refractivity contribution in [3.8, 4) is 0 Å². The minimum atomic E-state index is -0.251. The van der Waals surface area contributed by atoms with Crippen molar-refractivity contribution in [3.05, 3.63) is 83.9 Å². The van der Waals surface area contributed by atoms with Crippen LogP contribution in [0.5, 0.6) is 0 Å². The van der Waals surface area contributed by atoms with Crippen LogP contribution >= 0.6 is 0 Å². The fourth-order valence-electron chi connectivity index (χ4n) is 3.21. The van der Waals surface area contributed by atoms with E-state index < -0.39 is 0 Å². The molecule has 0 unspecified atom stereocenters. The molecule has 3 aromatic rings. The number of nitrogens with one attached hydrogen (secondary N) is 3. The van der Waals surface area contributed by atoms with Crippen molar-refractivity contribution in [3.63, 3.8) is 0 Å². The van der Waals surface area contributed by atoms with Gasteiger partial charge in [0.1, 0.15) is 6.04 Å². The van der Waals surface area contributed by atoms with Gasteiger partial charge >= 0.3 is 0 Å². The molecule has 2 amide bonds. The number of hydrogen-bond acceptors (Lipinski definition) is 2. The van der Waals surface area contributed by atoms with E-state index in [0.717, 1.165) is 10.8 Å². The van der Waals surface area contributed by atoms with Gasteiger partial charge in [0.2, 0.25) is 5.91 Å². The molecule has 0 fully saturated rings. The number of carbonyl (C=O) groups is 2. The lowest BCUT2D eigenvalue weighted by Crippen LogP contribution is -3.07. The molecule has 3 N–H and O–H groups in total. The van der Waals surface area contributed by atoms with Gasteiger partial charge in [0.15, 0.2) is 0 Å². The minimum absolute atomic E-state index is 0.0457. The molecule has 0 heterocycles. The van der Waals surface area contributed by atoms with Crippen LogP contribution in [0.4, 0.5) is 0 Å². The highest BCUT2D eigenvalue weighted by molar-refractivity contribution is 5.99. The molecule has 0 aliphatic heterocycles. The Labute approximate surface area is 165 Å². The first-order chi connectivity index (χ1) is 13.5. The molecule has 0 aliphatic carbocycles. The van der Waals surface area contributed by atoms with Crippen molar-refractivity contribution in [1.82, 2.24) is 10.6 Å². The Balaban J connectivity index is 1.53. The lowest BCUT2D eigenvalue weighted by Gasteiger charge is -2.22. The third-order valence-corrected chi connectivity index (χ3v) is 4.82. The fourth-order valence-corrected chi connectivity index (χ4v) is 3.21. The molecule has 0 bridgehead atoms. The lowest BCUT2D eigenvalue weighted by atomic mass is 10.1. The Morgan fingerprint density at radius 1 is 0.857 bits per heavy atom. The molecule has 28 heavy (non-hydrogen) atoms. The molecule has 3 aromatic carbocycles. The Bertz CT molecular complexity index is 954. The van der Waals surface area contributed by atoms with Gasteiger partial charge in [-0.3, -0.25) is 9.59 Å². The van der Waals surface area contributed by atoms with Crippen LogP contribution in [0.25, 0.3) is 10.8 Å². The molecule has 5 nitrogen and oxygen atoms in total. The number of quaternary nitrogens is 1. The molecule has 3 rings (SSSR count). The predicted molar refractivity (Wildman–Crippen MR) is 111 cm³/mol. The standard InChI is InChI=1S/C23H25N3O2/c1-26(2)21(18-9-4-3-5-10-18)15-24-22(27)16-25-23(28)20-13-12-17-8-6-7-11-19(17)14-20/h3-14,21H,15-16H2,1-2H3,(H,24,27)(H,25,28)/p+1/t21-/m0/s1. The zero-order valence-electron chi connectivity index (χ0n) is 16.2.